The summed E-state index contributed by atoms with van der Waals surface area (Å²) in [5.41, 5.74) is 2.58. The zero-order valence-corrected chi connectivity index (χ0v) is 12.5. The van der Waals surface area contributed by atoms with Crippen LogP contribution >= 0.6 is 0 Å². The van der Waals surface area contributed by atoms with Crippen molar-refractivity contribution >= 4 is 5.78 Å². The summed E-state index contributed by atoms with van der Waals surface area (Å²) < 4.78 is 5.69. The van der Waals surface area contributed by atoms with Gasteiger partial charge in [-0.05, 0) is 56.2 Å². The highest BCUT2D eigenvalue weighted by molar-refractivity contribution is 6.02. The lowest BCUT2D eigenvalue weighted by molar-refractivity contribution is -0.0302. The Bertz CT molecular complexity index is 478. The van der Waals surface area contributed by atoms with Gasteiger partial charge < -0.3 is 4.74 Å². The summed E-state index contributed by atoms with van der Waals surface area (Å²) in [5, 5.41) is 0. The first-order chi connectivity index (χ1) is 8.98. The van der Waals surface area contributed by atoms with Crippen molar-refractivity contribution in [2.24, 2.45) is 5.92 Å². The number of Topliss-reactive ketones (excluding diaryl/α,β-unsaturated/α-hetero) is 1. The standard InChI is InChI=1S/C17H24O2/c1-12-6-5-9-17(11-12,19-4)16(18)15-8-7-13(2)14(3)10-15/h7-8,10,12H,5-6,9,11H2,1-4H3. The summed E-state index contributed by atoms with van der Waals surface area (Å²) >= 11 is 0. The summed E-state index contributed by atoms with van der Waals surface area (Å²) in [4.78, 5) is 12.8. The lowest BCUT2D eigenvalue weighted by atomic mass is 9.74. The fourth-order valence-corrected chi connectivity index (χ4v) is 3.13. The second-order valence-electron chi connectivity index (χ2n) is 6.03. The Kier molecular flexibility index (Phi) is 4.10. The van der Waals surface area contributed by atoms with E-state index < -0.39 is 5.60 Å². The van der Waals surface area contributed by atoms with Crippen LogP contribution in [0.4, 0.5) is 0 Å². The summed E-state index contributed by atoms with van der Waals surface area (Å²) in [6, 6.07) is 5.96. The second kappa shape index (κ2) is 5.46. The molecule has 0 N–H and O–H groups in total. The third kappa shape index (κ3) is 2.74. The second-order valence-corrected chi connectivity index (χ2v) is 6.03. The molecular weight excluding hydrogens is 236 g/mol. The Hall–Kier alpha value is -1.15. The van der Waals surface area contributed by atoms with Crippen molar-refractivity contribution in [2.45, 2.75) is 52.1 Å². The van der Waals surface area contributed by atoms with Crippen molar-refractivity contribution in [1.29, 1.82) is 0 Å². The molecule has 1 aliphatic carbocycles. The van der Waals surface area contributed by atoms with Gasteiger partial charge in [0.05, 0.1) is 0 Å². The summed E-state index contributed by atoms with van der Waals surface area (Å²) in [5.74, 6) is 0.717. The van der Waals surface area contributed by atoms with Crippen LogP contribution in [0.1, 0.15) is 54.1 Å². The number of carbonyl (C=O) groups is 1. The molecule has 0 aromatic heterocycles. The molecule has 1 aliphatic rings. The van der Waals surface area contributed by atoms with E-state index in [2.05, 4.69) is 20.8 Å². The minimum Gasteiger partial charge on any atom is -0.370 e. The number of hydrogen-bond donors (Lipinski definition) is 0. The molecular formula is C17H24O2. The van der Waals surface area contributed by atoms with Crippen LogP contribution in [-0.4, -0.2) is 18.5 Å². The van der Waals surface area contributed by atoms with Crippen LogP contribution < -0.4 is 0 Å². The van der Waals surface area contributed by atoms with Crippen LogP contribution in [-0.2, 0) is 4.74 Å². The Labute approximate surface area is 116 Å². The zero-order valence-electron chi connectivity index (χ0n) is 12.5. The quantitative estimate of drug-likeness (QED) is 0.765. The van der Waals surface area contributed by atoms with E-state index >= 15 is 0 Å². The van der Waals surface area contributed by atoms with Crippen molar-refractivity contribution in [3.63, 3.8) is 0 Å². The average molecular weight is 260 g/mol. The van der Waals surface area contributed by atoms with Gasteiger partial charge >= 0.3 is 0 Å². The van der Waals surface area contributed by atoms with Crippen molar-refractivity contribution in [1.82, 2.24) is 0 Å². The number of carbonyl (C=O) groups excluding carboxylic acids is 1. The maximum absolute atomic E-state index is 12.8. The van der Waals surface area contributed by atoms with Gasteiger partial charge in [-0.25, -0.2) is 0 Å². The molecule has 1 saturated carbocycles. The molecule has 0 bridgehead atoms. The first-order valence-corrected chi connectivity index (χ1v) is 7.16. The normalized spacial score (nSPS) is 27.3. The fourth-order valence-electron chi connectivity index (χ4n) is 3.13. The molecule has 0 aliphatic heterocycles. The molecule has 104 valence electrons. The van der Waals surface area contributed by atoms with Gasteiger partial charge in [-0.15, -0.1) is 0 Å². The minimum absolute atomic E-state index is 0.157. The molecule has 1 fully saturated rings. The average Bonchev–Trinajstić information content (AvgIpc) is 2.41. The van der Waals surface area contributed by atoms with Gasteiger partial charge in [0, 0.05) is 12.7 Å². The van der Waals surface area contributed by atoms with Crippen LogP contribution in [0.2, 0.25) is 0 Å². The molecule has 1 aromatic carbocycles. The SMILES string of the molecule is COC1(C(=O)c2ccc(C)c(C)c2)CCCC(C)C1. The molecule has 2 atom stereocenters. The highest BCUT2D eigenvalue weighted by Crippen LogP contribution is 2.37. The lowest BCUT2D eigenvalue weighted by Crippen LogP contribution is -2.44. The molecule has 19 heavy (non-hydrogen) atoms. The van der Waals surface area contributed by atoms with E-state index in [4.69, 9.17) is 4.74 Å². The maximum atomic E-state index is 12.8. The number of aryl methyl sites for hydroxylation is 2. The molecule has 0 heterocycles. The summed E-state index contributed by atoms with van der Waals surface area (Å²) in [6.07, 6.45) is 3.96. The zero-order chi connectivity index (χ0) is 14.0. The van der Waals surface area contributed by atoms with Gasteiger partial charge in [-0.1, -0.05) is 25.5 Å². The first kappa shape index (κ1) is 14.3. The van der Waals surface area contributed by atoms with Crippen molar-refractivity contribution < 1.29 is 9.53 Å². The summed E-state index contributed by atoms with van der Waals surface area (Å²) in [6.45, 7) is 6.33. The number of rotatable bonds is 3. The van der Waals surface area contributed by atoms with Crippen LogP contribution in [0.25, 0.3) is 0 Å². The summed E-state index contributed by atoms with van der Waals surface area (Å²) in [7, 11) is 1.68. The fraction of sp³-hybridized carbons (Fsp3) is 0.588. The van der Waals surface area contributed by atoms with E-state index in [1.54, 1.807) is 7.11 Å². The first-order valence-electron chi connectivity index (χ1n) is 7.16. The number of hydrogen-bond acceptors (Lipinski definition) is 2. The van der Waals surface area contributed by atoms with E-state index in [9.17, 15) is 4.79 Å². The van der Waals surface area contributed by atoms with E-state index in [-0.39, 0.29) is 5.78 Å². The van der Waals surface area contributed by atoms with Gasteiger partial charge in [-0.2, -0.15) is 0 Å². The van der Waals surface area contributed by atoms with Crippen molar-refractivity contribution in [3.05, 3.63) is 34.9 Å². The van der Waals surface area contributed by atoms with Crippen molar-refractivity contribution in [3.8, 4) is 0 Å². The number of ketones is 1. The molecule has 2 rings (SSSR count). The number of methoxy groups -OCH3 is 1. The van der Waals surface area contributed by atoms with E-state index in [1.807, 2.05) is 18.2 Å². The largest absolute Gasteiger partial charge is 0.370 e. The lowest BCUT2D eigenvalue weighted by Gasteiger charge is -2.37. The third-order valence-corrected chi connectivity index (χ3v) is 4.53. The van der Waals surface area contributed by atoms with Gasteiger partial charge in [0.25, 0.3) is 0 Å². The van der Waals surface area contributed by atoms with Crippen LogP contribution in [0.3, 0.4) is 0 Å². The van der Waals surface area contributed by atoms with Gasteiger partial charge in [0.1, 0.15) is 5.60 Å². The maximum Gasteiger partial charge on any atom is 0.194 e. The number of ether oxygens (including phenoxy) is 1. The predicted octanol–water partition coefficient (Wildman–Crippen LogP) is 4.08. The van der Waals surface area contributed by atoms with Gasteiger partial charge in [-0.3, -0.25) is 4.79 Å². The predicted molar refractivity (Wildman–Crippen MR) is 77.6 cm³/mol. The van der Waals surface area contributed by atoms with E-state index in [0.29, 0.717) is 5.92 Å². The van der Waals surface area contributed by atoms with Crippen LogP contribution in [0.15, 0.2) is 18.2 Å². The molecule has 1 aromatic rings. The highest BCUT2D eigenvalue weighted by atomic mass is 16.5. The number of benzene rings is 1. The molecule has 2 nitrogen and oxygen atoms in total. The van der Waals surface area contributed by atoms with Crippen molar-refractivity contribution in [2.75, 3.05) is 7.11 Å². The minimum atomic E-state index is -0.598. The Morgan fingerprint density at radius 1 is 1.32 bits per heavy atom. The van der Waals surface area contributed by atoms with Gasteiger partial charge in [0.2, 0.25) is 0 Å². The molecule has 0 spiro atoms. The Morgan fingerprint density at radius 2 is 2.05 bits per heavy atom. The van der Waals surface area contributed by atoms with Gasteiger partial charge in [0.15, 0.2) is 5.78 Å². The van der Waals surface area contributed by atoms with Crippen LogP contribution in [0.5, 0.6) is 0 Å². The topological polar surface area (TPSA) is 26.3 Å². The van der Waals surface area contributed by atoms with Crippen LogP contribution in [0, 0.1) is 19.8 Å². The highest BCUT2D eigenvalue weighted by Gasteiger charge is 2.42. The Balaban J connectivity index is 2.32. The Morgan fingerprint density at radius 3 is 2.63 bits per heavy atom. The molecule has 0 amide bonds. The molecule has 2 unspecified atom stereocenters. The monoisotopic (exact) mass is 260 g/mol. The van der Waals surface area contributed by atoms with E-state index in [1.165, 1.54) is 17.5 Å². The molecule has 0 saturated heterocycles. The molecule has 0 radical (unpaired) electrons. The molecule has 2 heteroatoms. The smallest absolute Gasteiger partial charge is 0.194 e. The van der Waals surface area contributed by atoms with E-state index in [0.717, 1.165) is 24.8 Å². The third-order valence-electron chi connectivity index (χ3n) is 4.53.